The summed E-state index contributed by atoms with van der Waals surface area (Å²) in [6, 6.07) is 0.0265. The Hall–Kier alpha value is -1.44. The highest BCUT2D eigenvalue weighted by Gasteiger charge is 2.42. The smallest absolute Gasteiger partial charge is 0.241 e. The fourth-order valence-corrected chi connectivity index (χ4v) is 5.22. The first-order valence-corrected chi connectivity index (χ1v) is 9.93. The Balaban J connectivity index is 1.52. The Kier molecular flexibility index (Phi) is 4.44. The molecule has 1 heterocycles. The van der Waals surface area contributed by atoms with Crippen molar-refractivity contribution in [3.8, 4) is 0 Å². The van der Waals surface area contributed by atoms with Gasteiger partial charge in [0.25, 0.3) is 0 Å². The Morgan fingerprint density at radius 3 is 2.74 bits per heavy atom. The number of nitrogens with zero attached hydrogens (tertiary/aromatic N) is 2. The molecule has 3 rings (SSSR count). The van der Waals surface area contributed by atoms with Gasteiger partial charge in [-0.1, -0.05) is 11.6 Å². The van der Waals surface area contributed by atoms with Gasteiger partial charge in [0.05, 0.1) is 0 Å². The van der Waals surface area contributed by atoms with E-state index >= 15 is 0 Å². The molecule has 0 saturated heterocycles. The number of carbonyl (C=O) groups is 1. The lowest BCUT2D eigenvalue weighted by molar-refractivity contribution is -0.119. The van der Waals surface area contributed by atoms with Crippen LogP contribution in [0.15, 0.2) is 4.52 Å². The van der Waals surface area contributed by atoms with Crippen LogP contribution in [-0.2, 0) is 20.4 Å². The molecule has 0 aromatic carbocycles. The van der Waals surface area contributed by atoms with Crippen LogP contribution in [0.3, 0.4) is 0 Å². The largest absolute Gasteiger partial charge is 0.352 e. The van der Waals surface area contributed by atoms with Gasteiger partial charge < -0.3 is 9.84 Å². The minimum absolute atomic E-state index is 0.0245. The summed E-state index contributed by atoms with van der Waals surface area (Å²) in [4.78, 5) is 15.9. The lowest BCUT2D eigenvalue weighted by Gasteiger charge is -2.28. The number of sulfone groups is 1. The third kappa shape index (κ3) is 3.91. The summed E-state index contributed by atoms with van der Waals surface area (Å²) in [5, 5.41) is 6.42. The lowest BCUT2D eigenvalue weighted by Crippen LogP contribution is -2.42. The van der Waals surface area contributed by atoms with E-state index in [0.717, 1.165) is 12.3 Å². The number of carbonyl (C=O) groups excluding carboxylic acids is 1. The summed E-state index contributed by atoms with van der Waals surface area (Å²) in [5.74, 6) is 0.988. The Morgan fingerprint density at radius 2 is 2.17 bits per heavy atom. The molecule has 2 saturated carbocycles. The molecule has 2 fully saturated rings. The van der Waals surface area contributed by atoms with Gasteiger partial charge in [-0.2, -0.15) is 4.98 Å². The van der Waals surface area contributed by atoms with Gasteiger partial charge in [0.15, 0.2) is 15.7 Å². The second-order valence-electron chi connectivity index (χ2n) is 6.96. The van der Waals surface area contributed by atoms with Crippen molar-refractivity contribution in [3.05, 3.63) is 11.7 Å². The molecule has 1 N–H and O–H groups in total. The van der Waals surface area contributed by atoms with Crippen LogP contribution < -0.4 is 5.32 Å². The molecule has 23 heavy (non-hydrogen) atoms. The van der Waals surface area contributed by atoms with Gasteiger partial charge >= 0.3 is 0 Å². The molecule has 0 spiro atoms. The summed E-state index contributed by atoms with van der Waals surface area (Å²) in [6.07, 6.45) is 4.96. The first kappa shape index (κ1) is 16.4. The van der Waals surface area contributed by atoms with Crippen LogP contribution in [0.25, 0.3) is 0 Å². The van der Waals surface area contributed by atoms with Gasteiger partial charge in [-0.3, -0.25) is 4.79 Å². The van der Waals surface area contributed by atoms with Gasteiger partial charge in [0, 0.05) is 6.04 Å². The van der Waals surface area contributed by atoms with Crippen molar-refractivity contribution in [2.75, 3.05) is 5.75 Å². The van der Waals surface area contributed by atoms with Gasteiger partial charge in [-0.05, 0) is 50.9 Å². The summed E-state index contributed by atoms with van der Waals surface area (Å²) < 4.78 is 28.9. The summed E-state index contributed by atoms with van der Waals surface area (Å²) in [6.45, 7) is 3.60. The van der Waals surface area contributed by atoms with Gasteiger partial charge in [-0.15, -0.1) is 0 Å². The topological polar surface area (TPSA) is 102 Å². The van der Waals surface area contributed by atoms with E-state index in [1.165, 1.54) is 19.3 Å². The predicted molar refractivity (Wildman–Crippen MR) is 83.1 cm³/mol. The zero-order valence-corrected chi connectivity index (χ0v) is 14.3. The van der Waals surface area contributed by atoms with E-state index in [1.54, 1.807) is 6.92 Å². The molecule has 8 heteroatoms. The molecule has 128 valence electrons. The molecular weight excluding hydrogens is 318 g/mol. The van der Waals surface area contributed by atoms with Crippen LogP contribution in [0, 0.1) is 24.7 Å². The second kappa shape index (κ2) is 6.22. The van der Waals surface area contributed by atoms with Crippen molar-refractivity contribution in [1.82, 2.24) is 15.5 Å². The van der Waals surface area contributed by atoms with E-state index in [0.29, 0.717) is 17.7 Å². The number of nitrogens with one attached hydrogen (secondary N) is 1. The minimum Gasteiger partial charge on any atom is -0.352 e. The second-order valence-corrected chi connectivity index (χ2v) is 9.03. The normalized spacial score (nSPS) is 28.0. The maximum Gasteiger partial charge on any atom is 0.241 e. The average molecular weight is 341 g/mol. The van der Waals surface area contributed by atoms with E-state index in [-0.39, 0.29) is 11.9 Å². The molecular formula is C15H23N3O4S. The van der Waals surface area contributed by atoms with Crippen molar-refractivity contribution in [2.45, 2.75) is 51.3 Å². The minimum atomic E-state index is -3.61. The number of aryl methyl sites for hydroxylation is 1. The Morgan fingerprint density at radius 1 is 1.39 bits per heavy atom. The Bertz CT molecular complexity index is 685. The molecule has 2 aliphatic rings. The fourth-order valence-electron chi connectivity index (χ4n) is 4.15. The Labute approximate surface area is 136 Å². The first-order valence-electron chi connectivity index (χ1n) is 8.11. The van der Waals surface area contributed by atoms with Crippen LogP contribution in [0.1, 0.15) is 44.3 Å². The van der Waals surface area contributed by atoms with E-state index in [1.807, 2.05) is 6.92 Å². The molecule has 7 nitrogen and oxygen atoms in total. The van der Waals surface area contributed by atoms with Gasteiger partial charge in [0.1, 0.15) is 11.5 Å². The van der Waals surface area contributed by atoms with E-state index in [2.05, 4.69) is 15.5 Å². The standard InChI is InChI=1S/C15H23N3O4S/c1-9(13-6-11-3-4-12(13)5-11)16-14(19)7-23(20,21)8-15-17-10(2)18-22-15/h9,11-13H,3-8H2,1-2H3,(H,16,19). The number of fused-ring (bicyclic) bond motifs is 2. The van der Waals surface area contributed by atoms with Gasteiger partial charge in [-0.25, -0.2) is 8.42 Å². The maximum absolute atomic E-state index is 12.1. The molecule has 0 aliphatic heterocycles. The highest BCUT2D eigenvalue weighted by atomic mass is 32.2. The number of rotatable bonds is 6. The van der Waals surface area contributed by atoms with Crippen LogP contribution in [0.4, 0.5) is 0 Å². The maximum atomic E-state index is 12.1. The quantitative estimate of drug-likeness (QED) is 0.835. The van der Waals surface area contributed by atoms with Crippen molar-refractivity contribution < 1.29 is 17.7 Å². The summed E-state index contributed by atoms with van der Waals surface area (Å²) in [5.41, 5.74) is 0. The lowest BCUT2D eigenvalue weighted by atomic mass is 9.84. The van der Waals surface area contributed by atoms with Crippen LogP contribution in [0.5, 0.6) is 0 Å². The van der Waals surface area contributed by atoms with E-state index in [4.69, 9.17) is 4.52 Å². The van der Waals surface area contributed by atoms with Crippen molar-refractivity contribution in [1.29, 1.82) is 0 Å². The monoisotopic (exact) mass is 341 g/mol. The van der Waals surface area contributed by atoms with Gasteiger partial charge in [0.2, 0.25) is 11.8 Å². The number of hydrogen-bond donors (Lipinski definition) is 1. The zero-order valence-electron chi connectivity index (χ0n) is 13.5. The molecule has 1 amide bonds. The molecule has 4 unspecified atom stereocenters. The fraction of sp³-hybridized carbons (Fsp3) is 0.800. The van der Waals surface area contributed by atoms with Crippen LogP contribution in [0.2, 0.25) is 0 Å². The van der Waals surface area contributed by atoms with Crippen molar-refractivity contribution in [3.63, 3.8) is 0 Å². The molecule has 1 aromatic rings. The number of amides is 1. The third-order valence-electron chi connectivity index (χ3n) is 5.09. The highest BCUT2D eigenvalue weighted by molar-refractivity contribution is 7.91. The van der Waals surface area contributed by atoms with Crippen molar-refractivity contribution in [2.24, 2.45) is 17.8 Å². The number of aromatic nitrogens is 2. The molecule has 2 bridgehead atoms. The highest BCUT2D eigenvalue weighted by Crippen LogP contribution is 2.49. The van der Waals surface area contributed by atoms with Crippen molar-refractivity contribution >= 4 is 15.7 Å². The van der Waals surface area contributed by atoms with Crippen LogP contribution >= 0.6 is 0 Å². The number of hydrogen-bond acceptors (Lipinski definition) is 6. The molecule has 0 radical (unpaired) electrons. The molecule has 1 aromatic heterocycles. The van der Waals surface area contributed by atoms with E-state index in [9.17, 15) is 13.2 Å². The first-order chi connectivity index (χ1) is 10.8. The SMILES string of the molecule is Cc1noc(CS(=O)(=O)CC(=O)NC(C)C2CC3CCC2C3)n1. The predicted octanol–water partition coefficient (Wildman–Crippen LogP) is 1.23. The third-order valence-corrected chi connectivity index (χ3v) is 6.48. The van der Waals surface area contributed by atoms with E-state index < -0.39 is 27.3 Å². The van der Waals surface area contributed by atoms with Crippen LogP contribution in [-0.4, -0.2) is 36.3 Å². The molecule has 4 atom stereocenters. The zero-order chi connectivity index (χ0) is 16.6. The average Bonchev–Trinajstić information content (AvgIpc) is 3.14. The molecule has 2 aliphatic carbocycles. The summed E-state index contributed by atoms with van der Waals surface area (Å²) >= 11 is 0. The summed E-state index contributed by atoms with van der Waals surface area (Å²) in [7, 11) is -3.61.